The standard InChI is InChI=1S/C14H24N4OS/c1-4-12-15-14(20-16-12)18-9-7-17(8-10-18)13(19)6-5-11(2)3/h11H,4-10H2,1-3H3. The van der Waals surface area contributed by atoms with E-state index in [0.717, 1.165) is 50.0 Å². The van der Waals surface area contributed by atoms with Crippen molar-refractivity contribution >= 4 is 22.6 Å². The topological polar surface area (TPSA) is 49.3 Å². The van der Waals surface area contributed by atoms with Gasteiger partial charge >= 0.3 is 0 Å². The molecule has 1 aliphatic heterocycles. The molecule has 1 aliphatic rings. The lowest BCUT2D eigenvalue weighted by atomic mass is 10.1. The first kappa shape index (κ1) is 15.2. The summed E-state index contributed by atoms with van der Waals surface area (Å²) in [6, 6.07) is 0. The number of aryl methyl sites for hydroxylation is 1. The van der Waals surface area contributed by atoms with Crippen molar-refractivity contribution in [3.05, 3.63) is 5.82 Å². The summed E-state index contributed by atoms with van der Waals surface area (Å²) >= 11 is 1.47. The second-order valence-corrected chi connectivity index (χ2v) is 6.38. The summed E-state index contributed by atoms with van der Waals surface area (Å²) < 4.78 is 4.32. The molecule has 0 aliphatic carbocycles. The minimum absolute atomic E-state index is 0.296. The van der Waals surface area contributed by atoms with Crippen LogP contribution >= 0.6 is 11.5 Å². The molecule has 1 aromatic heterocycles. The molecule has 2 rings (SSSR count). The quantitative estimate of drug-likeness (QED) is 0.835. The highest BCUT2D eigenvalue weighted by molar-refractivity contribution is 7.09. The Kier molecular flexibility index (Phi) is 5.34. The van der Waals surface area contributed by atoms with Gasteiger partial charge in [0, 0.05) is 50.6 Å². The first-order chi connectivity index (χ1) is 9.60. The number of amides is 1. The second kappa shape index (κ2) is 7.02. The number of aromatic nitrogens is 2. The molecule has 5 nitrogen and oxygen atoms in total. The van der Waals surface area contributed by atoms with Crippen LogP contribution in [-0.2, 0) is 11.2 Å². The van der Waals surface area contributed by atoms with Gasteiger partial charge < -0.3 is 9.80 Å². The maximum absolute atomic E-state index is 12.1. The Morgan fingerprint density at radius 1 is 1.30 bits per heavy atom. The largest absolute Gasteiger partial charge is 0.343 e. The zero-order valence-corrected chi connectivity index (χ0v) is 13.4. The number of hydrogen-bond acceptors (Lipinski definition) is 5. The summed E-state index contributed by atoms with van der Waals surface area (Å²) in [7, 11) is 0. The molecule has 0 bridgehead atoms. The molecule has 0 aromatic carbocycles. The van der Waals surface area contributed by atoms with Gasteiger partial charge in [-0.25, -0.2) is 4.98 Å². The zero-order chi connectivity index (χ0) is 14.5. The Hall–Kier alpha value is -1.17. The highest BCUT2D eigenvalue weighted by atomic mass is 32.1. The van der Waals surface area contributed by atoms with E-state index in [2.05, 4.69) is 35.0 Å². The number of piperazine rings is 1. The van der Waals surface area contributed by atoms with E-state index in [1.165, 1.54) is 11.5 Å². The minimum atomic E-state index is 0.296. The van der Waals surface area contributed by atoms with E-state index in [0.29, 0.717) is 18.2 Å². The summed E-state index contributed by atoms with van der Waals surface area (Å²) in [5.74, 6) is 1.80. The molecule has 6 heteroatoms. The Morgan fingerprint density at radius 3 is 2.55 bits per heavy atom. The lowest BCUT2D eigenvalue weighted by Gasteiger charge is -2.34. The molecule has 1 aromatic rings. The maximum atomic E-state index is 12.1. The summed E-state index contributed by atoms with van der Waals surface area (Å²) in [5.41, 5.74) is 0. The van der Waals surface area contributed by atoms with Gasteiger partial charge in [-0.3, -0.25) is 4.79 Å². The molecule has 2 heterocycles. The lowest BCUT2D eigenvalue weighted by molar-refractivity contribution is -0.131. The Bertz CT molecular complexity index is 438. The SMILES string of the molecule is CCc1nsc(N2CCN(C(=O)CCC(C)C)CC2)n1. The van der Waals surface area contributed by atoms with Gasteiger partial charge in [0.1, 0.15) is 5.82 Å². The third-order valence-corrected chi connectivity index (χ3v) is 4.43. The van der Waals surface area contributed by atoms with Crippen LogP contribution in [0.4, 0.5) is 5.13 Å². The van der Waals surface area contributed by atoms with Crippen molar-refractivity contribution in [2.24, 2.45) is 5.92 Å². The van der Waals surface area contributed by atoms with Crippen molar-refractivity contribution < 1.29 is 4.79 Å². The van der Waals surface area contributed by atoms with E-state index in [4.69, 9.17) is 0 Å². The average Bonchev–Trinajstić information content (AvgIpc) is 2.94. The average molecular weight is 296 g/mol. The van der Waals surface area contributed by atoms with E-state index in [9.17, 15) is 4.79 Å². The van der Waals surface area contributed by atoms with Crippen molar-refractivity contribution in [3.63, 3.8) is 0 Å². The van der Waals surface area contributed by atoms with E-state index in [1.54, 1.807) is 0 Å². The fraction of sp³-hybridized carbons (Fsp3) is 0.786. The molecular weight excluding hydrogens is 272 g/mol. The van der Waals surface area contributed by atoms with E-state index in [-0.39, 0.29) is 0 Å². The second-order valence-electron chi connectivity index (χ2n) is 5.65. The van der Waals surface area contributed by atoms with Crippen molar-refractivity contribution in [1.29, 1.82) is 0 Å². The molecule has 112 valence electrons. The van der Waals surface area contributed by atoms with Gasteiger partial charge in [0.25, 0.3) is 0 Å². The maximum Gasteiger partial charge on any atom is 0.222 e. The summed E-state index contributed by atoms with van der Waals surface area (Å²) in [6.45, 7) is 9.72. The van der Waals surface area contributed by atoms with Crippen LogP contribution in [0.5, 0.6) is 0 Å². The van der Waals surface area contributed by atoms with Gasteiger partial charge in [-0.1, -0.05) is 20.8 Å². The molecule has 20 heavy (non-hydrogen) atoms. The Morgan fingerprint density at radius 2 is 2.00 bits per heavy atom. The summed E-state index contributed by atoms with van der Waals surface area (Å²) in [5, 5.41) is 0.996. The van der Waals surface area contributed by atoms with Gasteiger partial charge in [-0.15, -0.1) is 0 Å². The molecule has 1 saturated heterocycles. The first-order valence-corrected chi connectivity index (χ1v) is 8.22. The highest BCUT2D eigenvalue weighted by Gasteiger charge is 2.22. The third kappa shape index (κ3) is 3.91. The van der Waals surface area contributed by atoms with Crippen LogP contribution in [0, 0.1) is 5.92 Å². The van der Waals surface area contributed by atoms with Gasteiger partial charge in [0.2, 0.25) is 11.0 Å². The van der Waals surface area contributed by atoms with Crippen molar-refractivity contribution in [2.75, 3.05) is 31.1 Å². The normalized spacial score (nSPS) is 16.0. The van der Waals surface area contributed by atoms with E-state index >= 15 is 0 Å². The zero-order valence-electron chi connectivity index (χ0n) is 12.6. The molecule has 1 fully saturated rings. The van der Waals surface area contributed by atoms with Crippen molar-refractivity contribution in [2.45, 2.75) is 40.0 Å². The van der Waals surface area contributed by atoms with Crippen LogP contribution in [0.15, 0.2) is 0 Å². The molecule has 0 saturated carbocycles. The fourth-order valence-electron chi connectivity index (χ4n) is 2.23. The molecule has 0 unspecified atom stereocenters. The van der Waals surface area contributed by atoms with Gasteiger partial charge in [0.15, 0.2) is 0 Å². The highest BCUT2D eigenvalue weighted by Crippen LogP contribution is 2.19. The number of carbonyl (C=O) groups is 1. The first-order valence-electron chi connectivity index (χ1n) is 7.45. The van der Waals surface area contributed by atoms with Gasteiger partial charge in [0.05, 0.1) is 0 Å². The van der Waals surface area contributed by atoms with Crippen LogP contribution in [0.1, 0.15) is 39.4 Å². The van der Waals surface area contributed by atoms with Crippen molar-refractivity contribution in [3.8, 4) is 0 Å². The van der Waals surface area contributed by atoms with Crippen LogP contribution in [0.2, 0.25) is 0 Å². The predicted molar refractivity (Wildman–Crippen MR) is 82.2 cm³/mol. The number of rotatable bonds is 5. The molecule has 0 spiro atoms. The summed E-state index contributed by atoms with van der Waals surface area (Å²) in [4.78, 5) is 20.8. The monoisotopic (exact) mass is 296 g/mol. The van der Waals surface area contributed by atoms with Crippen LogP contribution in [-0.4, -0.2) is 46.3 Å². The summed E-state index contributed by atoms with van der Waals surface area (Å²) in [6.07, 6.45) is 2.54. The van der Waals surface area contributed by atoms with Gasteiger partial charge in [-0.2, -0.15) is 4.37 Å². The molecule has 0 radical (unpaired) electrons. The minimum Gasteiger partial charge on any atom is -0.343 e. The Labute approximate surface area is 125 Å². The number of nitrogens with zero attached hydrogens (tertiary/aromatic N) is 4. The molecule has 0 atom stereocenters. The lowest BCUT2D eigenvalue weighted by Crippen LogP contribution is -2.48. The van der Waals surface area contributed by atoms with Crippen LogP contribution < -0.4 is 4.90 Å². The van der Waals surface area contributed by atoms with Crippen molar-refractivity contribution in [1.82, 2.24) is 14.3 Å². The van der Waals surface area contributed by atoms with Crippen LogP contribution in [0.25, 0.3) is 0 Å². The molecular formula is C14H24N4OS. The predicted octanol–water partition coefficient (Wildman–Crippen LogP) is 2.19. The molecule has 0 N–H and O–H groups in total. The van der Waals surface area contributed by atoms with Gasteiger partial charge in [-0.05, 0) is 12.3 Å². The number of anilines is 1. The van der Waals surface area contributed by atoms with E-state index in [1.807, 2.05) is 4.90 Å². The number of carbonyl (C=O) groups excluding carboxylic acids is 1. The third-order valence-electron chi connectivity index (χ3n) is 3.61. The van der Waals surface area contributed by atoms with Crippen LogP contribution in [0.3, 0.4) is 0 Å². The number of hydrogen-bond donors (Lipinski definition) is 0. The smallest absolute Gasteiger partial charge is 0.222 e. The fourth-order valence-corrected chi connectivity index (χ4v) is 3.04. The Balaban J connectivity index is 1.81. The molecule has 1 amide bonds. The van der Waals surface area contributed by atoms with E-state index < -0.39 is 0 Å².